The van der Waals surface area contributed by atoms with E-state index in [1.807, 2.05) is 14.0 Å². The molecule has 0 saturated heterocycles. The minimum Gasteiger partial charge on any atom is -0.384 e. The van der Waals surface area contributed by atoms with Gasteiger partial charge in [-0.15, -0.1) is 0 Å². The fraction of sp³-hybridized carbons (Fsp3) is 0.375. The summed E-state index contributed by atoms with van der Waals surface area (Å²) >= 11 is 0. The van der Waals surface area contributed by atoms with E-state index in [1.165, 1.54) is 11.1 Å². The number of nitrogens with two attached hydrogens (primary N) is 1. The Balaban J connectivity index is 2.14. The number of benzene rings is 1. The molecule has 0 aliphatic rings. The van der Waals surface area contributed by atoms with E-state index in [-0.39, 0.29) is 0 Å². The molecule has 0 aliphatic carbocycles. The molecule has 0 radical (unpaired) electrons. The van der Waals surface area contributed by atoms with E-state index in [4.69, 9.17) is 10.5 Å². The lowest BCUT2D eigenvalue weighted by atomic mass is 10.1. The van der Waals surface area contributed by atoms with Crippen LogP contribution in [0.1, 0.15) is 23.9 Å². The second-order valence-electron chi connectivity index (χ2n) is 5.05. The number of anilines is 2. The molecule has 0 saturated carbocycles. The Morgan fingerprint density at radius 3 is 2.76 bits per heavy atom. The smallest absolute Gasteiger partial charge is 0.158 e. The summed E-state index contributed by atoms with van der Waals surface area (Å²) in [6, 6.07) is 10.2. The quantitative estimate of drug-likeness (QED) is 0.884. The van der Waals surface area contributed by atoms with Crippen molar-refractivity contribution in [3.63, 3.8) is 0 Å². The van der Waals surface area contributed by atoms with Gasteiger partial charge in [0.25, 0.3) is 0 Å². The molecule has 0 atom stereocenters. The summed E-state index contributed by atoms with van der Waals surface area (Å²) in [4.78, 5) is 10.7. The number of nitrogen functional groups attached to an aromatic ring is 1. The number of aromatic nitrogens is 2. The van der Waals surface area contributed by atoms with E-state index in [9.17, 15) is 0 Å². The Labute approximate surface area is 125 Å². The Bertz CT molecular complexity index is 601. The van der Waals surface area contributed by atoms with Crippen LogP contribution in [-0.2, 0) is 17.9 Å². The predicted octanol–water partition coefficient (Wildman–Crippen LogP) is 2.54. The van der Waals surface area contributed by atoms with Gasteiger partial charge in [-0.05, 0) is 19.4 Å². The first-order valence-corrected chi connectivity index (χ1v) is 7.06. The molecule has 2 aromatic rings. The van der Waals surface area contributed by atoms with Crippen molar-refractivity contribution >= 4 is 11.6 Å². The molecule has 5 nitrogen and oxygen atoms in total. The lowest BCUT2D eigenvalue weighted by molar-refractivity contribution is 0.128. The number of hydrogen-bond acceptors (Lipinski definition) is 5. The first-order valence-electron chi connectivity index (χ1n) is 7.06. The maximum Gasteiger partial charge on any atom is 0.158 e. The van der Waals surface area contributed by atoms with Gasteiger partial charge in [0.15, 0.2) is 5.82 Å². The Hall–Kier alpha value is -2.14. The molecule has 0 unspecified atom stereocenters. The Morgan fingerprint density at radius 2 is 2.05 bits per heavy atom. The number of aryl methyl sites for hydroxylation is 1. The molecule has 112 valence electrons. The van der Waals surface area contributed by atoms with Gasteiger partial charge in [-0.25, -0.2) is 9.97 Å². The van der Waals surface area contributed by atoms with Gasteiger partial charge in [0.1, 0.15) is 18.2 Å². The predicted molar refractivity (Wildman–Crippen MR) is 85.1 cm³/mol. The van der Waals surface area contributed by atoms with Gasteiger partial charge in [0, 0.05) is 26.3 Å². The van der Waals surface area contributed by atoms with Gasteiger partial charge >= 0.3 is 0 Å². The van der Waals surface area contributed by atoms with Gasteiger partial charge in [0.05, 0.1) is 0 Å². The van der Waals surface area contributed by atoms with Crippen LogP contribution in [0.2, 0.25) is 0 Å². The molecule has 2 rings (SSSR count). The van der Waals surface area contributed by atoms with Crippen molar-refractivity contribution in [2.24, 2.45) is 0 Å². The molecule has 5 heteroatoms. The average molecular weight is 286 g/mol. The second kappa shape index (κ2) is 7.04. The van der Waals surface area contributed by atoms with Crippen molar-refractivity contribution < 1.29 is 4.74 Å². The van der Waals surface area contributed by atoms with Crippen molar-refractivity contribution in [3.8, 4) is 0 Å². The van der Waals surface area contributed by atoms with Crippen molar-refractivity contribution in [1.29, 1.82) is 0 Å². The van der Waals surface area contributed by atoms with Crippen molar-refractivity contribution in [3.05, 3.63) is 47.3 Å². The van der Waals surface area contributed by atoms with Gasteiger partial charge in [-0.3, -0.25) is 0 Å². The Kier molecular flexibility index (Phi) is 5.11. The van der Waals surface area contributed by atoms with E-state index in [0.29, 0.717) is 24.9 Å². The van der Waals surface area contributed by atoms with E-state index in [2.05, 4.69) is 46.1 Å². The number of nitrogens with zero attached hydrogens (tertiary/aromatic N) is 3. The first-order chi connectivity index (χ1) is 10.1. The van der Waals surface area contributed by atoms with Gasteiger partial charge < -0.3 is 15.4 Å². The van der Waals surface area contributed by atoms with E-state index in [0.717, 1.165) is 12.4 Å². The number of rotatable bonds is 6. The lowest BCUT2D eigenvalue weighted by Crippen LogP contribution is -2.19. The molecule has 0 bridgehead atoms. The fourth-order valence-corrected chi connectivity index (χ4v) is 2.12. The minimum absolute atomic E-state index is 0.382. The zero-order valence-corrected chi connectivity index (χ0v) is 12.8. The molecule has 0 amide bonds. The molecular formula is C16H22N4O. The fourth-order valence-electron chi connectivity index (χ4n) is 2.12. The number of ether oxygens (including phenoxy) is 1. The third kappa shape index (κ3) is 4.43. The summed E-state index contributed by atoms with van der Waals surface area (Å²) in [5, 5.41) is 0. The van der Waals surface area contributed by atoms with Crippen LogP contribution >= 0.6 is 0 Å². The second-order valence-corrected chi connectivity index (χ2v) is 5.05. The topological polar surface area (TPSA) is 64.3 Å². The monoisotopic (exact) mass is 286 g/mol. The summed E-state index contributed by atoms with van der Waals surface area (Å²) in [5.74, 6) is 1.88. The van der Waals surface area contributed by atoms with Crippen LogP contribution in [0.4, 0.5) is 11.6 Å². The largest absolute Gasteiger partial charge is 0.384 e. The summed E-state index contributed by atoms with van der Waals surface area (Å²) in [7, 11) is 1.99. The summed E-state index contributed by atoms with van der Waals surface area (Å²) in [6.45, 7) is 5.81. The third-order valence-corrected chi connectivity index (χ3v) is 3.11. The molecule has 0 spiro atoms. The van der Waals surface area contributed by atoms with E-state index >= 15 is 0 Å². The van der Waals surface area contributed by atoms with Gasteiger partial charge in [0.2, 0.25) is 0 Å². The van der Waals surface area contributed by atoms with E-state index < -0.39 is 0 Å². The summed E-state index contributed by atoms with van der Waals surface area (Å²) < 4.78 is 5.34. The standard InChI is InChI=1S/C16H22N4O/c1-4-21-11-15-18-14(17)9-16(19-15)20(3)10-13-7-5-6-12(2)8-13/h5-9H,4,10-11H2,1-3H3,(H2,17,18,19). The van der Waals surface area contributed by atoms with E-state index in [1.54, 1.807) is 6.07 Å². The lowest BCUT2D eigenvalue weighted by Gasteiger charge is -2.19. The molecule has 1 heterocycles. The molecule has 2 N–H and O–H groups in total. The molecule has 0 aliphatic heterocycles. The van der Waals surface area contributed by atoms with Crippen LogP contribution in [0.5, 0.6) is 0 Å². The van der Waals surface area contributed by atoms with Crippen LogP contribution in [0.15, 0.2) is 30.3 Å². The Morgan fingerprint density at radius 1 is 1.24 bits per heavy atom. The number of hydrogen-bond donors (Lipinski definition) is 1. The summed E-state index contributed by atoms with van der Waals surface area (Å²) in [5.41, 5.74) is 8.34. The van der Waals surface area contributed by atoms with Crippen molar-refractivity contribution in [2.45, 2.75) is 27.0 Å². The zero-order valence-electron chi connectivity index (χ0n) is 12.8. The van der Waals surface area contributed by atoms with Crippen LogP contribution in [0, 0.1) is 6.92 Å². The van der Waals surface area contributed by atoms with Crippen LogP contribution in [0.3, 0.4) is 0 Å². The SMILES string of the molecule is CCOCc1nc(N)cc(N(C)Cc2cccc(C)c2)n1. The highest BCUT2D eigenvalue weighted by molar-refractivity contribution is 5.47. The normalized spacial score (nSPS) is 10.6. The average Bonchev–Trinajstić information content (AvgIpc) is 2.44. The minimum atomic E-state index is 0.382. The van der Waals surface area contributed by atoms with Crippen LogP contribution in [-0.4, -0.2) is 23.6 Å². The molecular weight excluding hydrogens is 264 g/mol. The molecule has 1 aromatic heterocycles. The first kappa shape index (κ1) is 15.3. The summed E-state index contributed by atoms with van der Waals surface area (Å²) in [6.07, 6.45) is 0. The van der Waals surface area contributed by atoms with Crippen molar-refractivity contribution in [2.75, 3.05) is 24.3 Å². The molecule has 21 heavy (non-hydrogen) atoms. The maximum absolute atomic E-state index is 5.85. The van der Waals surface area contributed by atoms with Crippen molar-refractivity contribution in [1.82, 2.24) is 9.97 Å². The van der Waals surface area contributed by atoms with Gasteiger partial charge in [-0.2, -0.15) is 0 Å². The maximum atomic E-state index is 5.85. The molecule has 0 fully saturated rings. The molecule has 1 aromatic carbocycles. The zero-order chi connectivity index (χ0) is 15.2. The third-order valence-electron chi connectivity index (χ3n) is 3.11. The van der Waals surface area contributed by atoms with Crippen LogP contribution in [0.25, 0.3) is 0 Å². The highest BCUT2D eigenvalue weighted by atomic mass is 16.5. The van der Waals surface area contributed by atoms with Crippen LogP contribution < -0.4 is 10.6 Å². The van der Waals surface area contributed by atoms with Gasteiger partial charge in [-0.1, -0.05) is 29.8 Å². The highest BCUT2D eigenvalue weighted by Gasteiger charge is 2.08. The highest BCUT2D eigenvalue weighted by Crippen LogP contribution is 2.16.